The summed E-state index contributed by atoms with van der Waals surface area (Å²) in [6, 6.07) is 2.17. The minimum absolute atomic E-state index is 0.00773. The Morgan fingerprint density at radius 3 is 2.75 bits per heavy atom. The number of nitrogens with zero attached hydrogens (tertiary/aromatic N) is 1. The van der Waals surface area contributed by atoms with E-state index in [1.807, 2.05) is 0 Å². The quantitative estimate of drug-likeness (QED) is 0.551. The lowest BCUT2D eigenvalue weighted by Crippen LogP contribution is -2.30. The van der Waals surface area contributed by atoms with Crippen molar-refractivity contribution < 1.29 is 14.2 Å². The number of hydrogen-bond acceptors (Lipinski definition) is 4. The van der Waals surface area contributed by atoms with Crippen LogP contribution in [0.25, 0.3) is 0 Å². The van der Waals surface area contributed by atoms with Crippen molar-refractivity contribution in [1.82, 2.24) is 0 Å². The van der Waals surface area contributed by atoms with E-state index in [1.54, 1.807) is 7.11 Å². The summed E-state index contributed by atoms with van der Waals surface area (Å²) in [5, 5.41) is 8.72. The van der Waals surface area contributed by atoms with Crippen molar-refractivity contribution >= 4 is 0 Å². The topological polar surface area (TPSA) is 51.5 Å². The predicted molar refractivity (Wildman–Crippen MR) is 39.4 cm³/mol. The highest BCUT2D eigenvalue weighted by molar-refractivity contribution is 5.02. The molecule has 0 saturated carbocycles. The first-order valence-corrected chi connectivity index (χ1v) is 4.02. The van der Waals surface area contributed by atoms with E-state index in [4.69, 9.17) is 19.5 Å². The van der Waals surface area contributed by atoms with Gasteiger partial charge in [-0.15, -0.1) is 0 Å². The maximum absolute atomic E-state index is 8.72. The molecule has 4 nitrogen and oxygen atoms in total. The summed E-state index contributed by atoms with van der Waals surface area (Å²) in [6.07, 6.45) is -0.0899. The first kappa shape index (κ1) is 7.99. The highest BCUT2D eigenvalue weighted by atomic mass is 16.6. The number of nitriles is 1. The van der Waals surface area contributed by atoms with E-state index in [-0.39, 0.29) is 24.2 Å². The molecule has 0 unspecified atom stereocenters. The molecule has 4 atom stereocenters. The molecule has 0 aliphatic carbocycles. The second-order valence-corrected chi connectivity index (χ2v) is 3.11. The van der Waals surface area contributed by atoms with Gasteiger partial charge in [0.2, 0.25) is 0 Å². The third-order valence-corrected chi connectivity index (χ3v) is 2.48. The molecule has 2 saturated heterocycles. The summed E-state index contributed by atoms with van der Waals surface area (Å²) in [5.74, 6) is -0.116. The molecule has 4 heteroatoms. The van der Waals surface area contributed by atoms with E-state index >= 15 is 0 Å². The molecule has 0 aromatic carbocycles. The highest BCUT2D eigenvalue weighted by Crippen LogP contribution is 2.31. The van der Waals surface area contributed by atoms with Crippen molar-refractivity contribution in [3.8, 4) is 6.07 Å². The normalized spacial score (nSPS) is 45.7. The fourth-order valence-electron chi connectivity index (χ4n) is 1.78. The summed E-state index contributed by atoms with van der Waals surface area (Å²) < 4.78 is 16.0. The molecule has 0 aromatic heterocycles. The van der Waals surface area contributed by atoms with Crippen LogP contribution in [0.5, 0.6) is 0 Å². The van der Waals surface area contributed by atoms with Crippen LogP contribution >= 0.6 is 0 Å². The van der Waals surface area contributed by atoms with Gasteiger partial charge in [-0.05, 0) is 0 Å². The van der Waals surface area contributed by atoms with Crippen LogP contribution in [0.15, 0.2) is 0 Å². The van der Waals surface area contributed by atoms with Crippen molar-refractivity contribution in [1.29, 1.82) is 5.26 Å². The van der Waals surface area contributed by atoms with Gasteiger partial charge in [0.15, 0.2) is 0 Å². The SMILES string of the molecule is CO[C@@H]1CO[C@H]2[C@@H]1OC[C@H]2C#N. The third kappa shape index (κ3) is 1.02. The molecule has 0 N–H and O–H groups in total. The fourth-order valence-corrected chi connectivity index (χ4v) is 1.78. The largest absolute Gasteiger partial charge is 0.376 e. The summed E-state index contributed by atoms with van der Waals surface area (Å²) in [5.41, 5.74) is 0. The number of methoxy groups -OCH3 is 1. The molecule has 2 heterocycles. The Hall–Kier alpha value is -0.630. The average Bonchev–Trinajstić information content (AvgIpc) is 2.62. The minimum Gasteiger partial charge on any atom is -0.376 e. The minimum atomic E-state index is -0.116. The number of fused-ring (bicyclic) bond motifs is 1. The Balaban J connectivity index is 2.07. The summed E-state index contributed by atoms with van der Waals surface area (Å²) in [4.78, 5) is 0. The van der Waals surface area contributed by atoms with Gasteiger partial charge in [-0.3, -0.25) is 0 Å². The second-order valence-electron chi connectivity index (χ2n) is 3.11. The Kier molecular flexibility index (Phi) is 2.01. The van der Waals surface area contributed by atoms with Gasteiger partial charge in [-0.1, -0.05) is 0 Å². The molecule has 0 bridgehead atoms. The third-order valence-electron chi connectivity index (χ3n) is 2.48. The first-order valence-electron chi connectivity index (χ1n) is 4.02. The van der Waals surface area contributed by atoms with Crippen molar-refractivity contribution in [2.45, 2.75) is 18.3 Å². The van der Waals surface area contributed by atoms with Gasteiger partial charge < -0.3 is 14.2 Å². The van der Waals surface area contributed by atoms with Crippen LogP contribution in [0.1, 0.15) is 0 Å². The van der Waals surface area contributed by atoms with Gasteiger partial charge in [-0.2, -0.15) is 5.26 Å². The Labute approximate surface area is 71.0 Å². The van der Waals surface area contributed by atoms with Crippen LogP contribution in [-0.2, 0) is 14.2 Å². The number of hydrogen-bond donors (Lipinski definition) is 0. The van der Waals surface area contributed by atoms with Gasteiger partial charge in [0.1, 0.15) is 18.3 Å². The highest BCUT2D eigenvalue weighted by Gasteiger charge is 2.47. The van der Waals surface area contributed by atoms with Gasteiger partial charge in [0, 0.05) is 7.11 Å². The number of rotatable bonds is 1. The molecular formula is C8H11NO3. The zero-order valence-corrected chi connectivity index (χ0v) is 6.90. The first-order chi connectivity index (χ1) is 5.86. The molecule has 0 aromatic rings. The van der Waals surface area contributed by atoms with E-state index in [0.717, 1.165) is 0 Å². The Morgan fingerprint density at radius 1 is 1.33 bits per heavy atom. The zero-order chi connectivity index (χ0) is 8.55. The van der Waals surface area contributed by atoms with Crippen molar-refractivity contribution in [2.24, 2.45) is 5.92 Å². The van der Waals surface area contributed by atoms with E-state index in [0.29, 0.717) is 13.2 Å². The maximum atomic E-state index is 8.72. The Bertz CT molecular complexity index is 213. The van der Waals surface area contributed by atoms with Crippen LogP contribution in [0.2, 0.25) is 0 Å². The summed E-state index contributed by atoms with van der Waals surface area (Å²) in [7, 11) is 1.64. The molecule has 2 fully saturated rings. The predicted octanol–water partition coefficient (Wildman–Crippen LogP) is -0.0612. The molecule has 12 heavy (non-hydrogen) atoms. The van der Waals surface area contributed by atoms with Crippen molar-refractivity contribution in [3.63, 3.8) is 0 Å². The smallest absolute Gasteiger partial charge is 0.113 e. The second kappa shape index (κ2) is 3.02. The van der Waals surface area contributed by atoms with Crippen LogP contribution in [0, 0.1) is 17.2 Å². The molecular weight excluding hydrogens is 158 g/mol. The standard InChI is InChI=1S/C8H11NO3/c1-10-6-4-12-7-5(2-9)3-11-8(6)7/h5-8H,3-4H2,1H3/t5-,6-,7-,8-/m1/s1. The van der Waals surface area contributed by atoms with E-state index in [9.17, 15) is 0 Å². The van der Waals surface area contributed by atoms with Crippen LogP contribution in [-0.4, -0.2) is 38.6 Å². The fraction of sp³-hybridized carbons (Fsp3) is 0.875. The maximum Gasteiger partial charge on any atom is 0.113 e. The molecule has 0 amide bonds. The lowest BCUT2D eigenvalue weighted by atomic mass is 10.0. The van der Waals surface area contributed by atoms with Crippen molar-refractivity contribution in [3.05, 3.63) is 0 Å². The molecule has 2 aliphatic rings. The average molecular weight is 169 g/mol. The molecule has 2 rings (SSSR count). The lowest BCUT2D eigenvalue weighted by Gasteiger charge is -2.12. The van der Waals surface area contributed by atoms with E-state index < -0.39 is 0 Å². The van der Waals surface area contributed by atoms with E-state index in [1.165, 1.54) is 0 Å². The summed E-state index contributed by atoms with van der Waals surface area (Å²) in [6.45, 7) is 1.02. The van der Waals surface area contributed by atoms with Gasteiger partial charge in [0.25, 0.3) is 0 Å². The van der Waals surface area contributed by atoms with Gasteiger partial charge >= 0.3 is 0 Å². The molecule has 2 aliphatic heterocycles. The zero-order valence-electron chi connectivity index (χ0n) is 6.90. The lowest BCUT2D eigenvalue weighted by molar-refractivity contribution is -0.00819. The van der Waals surface area contributed by atoms with Crippen LogP contribution in [0.3, 0.4) is 0 Å². The summed E-state index contributed by atoms with van der Waals surface area (Å²) >= 11 is 0. The van der Waals surface area contributed by atoms with Gasteiger partial charge in [-0.25, -0.2) is 0 Å². The Morgan fingerprint density at radius 2 is 2.08 bits per heavy atom. The number of ether oxygens (including phenoxy) is 3. The van der Waals surface area contributed by atoms with Crippen LogP contribution in [0.4, 0.5) is 0 Å². The molecule has 66 valence electrons. The molecule has 0 spiro atoms. The molecule has 0 radical (unpaired) electrons. The van der Waals surface area contributed by atoms with E-state index in [2.05, 4.69) is 6.07 Å². The van der Waals surface area contributed by atoms with Crippen molar-refractivity contribution in [2.75, 3.05) is 20.3 Å². The van der Waals surface area contributed by atoms with Gasteiger partial charge in [0.05, 0.1) is 25.2 Å². The van der Waals surface area contributed by atoms with Crippen LogP contribution < -0.4 is 0 Å². The monoisotopic (exact) mass is 169 g/mol.